The van der Waals surface area contributed by atoms with Crippen LogP contribution < -0.4 is 5.32 Å². The third kappa shape index (κ3) is 31.6. The van der Waals surface area contributed by atoms with Crippen LogP contribution in [0.5, 0.6) is 0 Å². The second-order valence-electron chi connectivity index (χ2n) is 13.9. The van der Waals surface area contributed by atoms with Crippen LogP contribution in [0.15, 0.2) is 0 Å². The lowest BCUT2D eigenvalue weighted by molar-refractivity contribution is -0.216. The molecule has 64 heavy (non-hydrogen) atoms. The Morgan fingerprint density at radius 2 is 1.06 bits per heavy atom. The Morgan fingerprint density at radius 3 is 1.50 bits per heavy atom. The first-order valence-electron chi connectivity index (χ1n) is 20.8. The number of hydrogen-bond donors (Lipinski definition) is 9. The average Bonchev–Trinajstić information content (AvgIpc) is 3.24. The highest BCUT2D eigenvalue weighted by molar-refractivity contribution is 7.47. The van der Waals surface area contributed by atoms with Gasteiger partial charge in [0.15, 0.2) is 0 Å². The molecule has 1 saturated carbocycles. The first-order valence-corrected chi connectivity index (χ1v) is 23.8. The molecule has 0 bridgehead atoms. The van der Waals surface area contributed by atoms with Crippen molar-refractivity contribution < 1.29 is 101 Å². The number of hydrogen-bond acceptors (Lipinski definition) is 14. The van der Waals surface area contributed by atoms with Gasteiger partial charge >= 0.3 is 21.6 Å². The van der Waals surface area contributed by atoms with Gasteiger partial charge in [0.25, 0.3) is 0 Å². The van der Waals surface area contributed by atoms with Gasteiger partial charge in [0, 0.05) is 73.0 Å². The topological polar surface area (TPSA) is 288 Å². The molecule has 8 atom stereocenters. The summed E-state index contributed by atoms with van der Waals surface area (Å²) in [5, 5.41) is 51.9. The summed E-state index contributed by atoms with van der Waals surface area (Å²) in [6.45, 7) is 2.20. The quantitative estimate of drug-likeness (QED) is 0.0123. The van der Waals surface area contributed by atoms with Crippen molar-refractivity contribution in [1.82, 2.24) is 5.32 Å². The van der Waals surface area contributed by atoms with Crippen molar-refractivity contribution in [1.29, 1.82) is 0 Å². The van der Waals surface area contributed by atoms with Gasteiger partial charge in [0.05, 0.1) is 13.2 Å². The summed E-state index contributed by atoms with van der Waals surface area (Å²) >= 11 is 0. The summed E-state index contributed by atoms with van der Waals surface area (Å²) in [5.74, 6) is 28.2. The predicted octanol–water partition coefficient (Wildman–Crippen LogP) is 5.50. The first-order chi connectivity index (χ1) is 30.5. The zero-order valence-electron chi connectivity index (χ0n) is 36.2. The Labute approximate surface area is 396 Å². The van der Waals surface area contributed by atoms with E-state index >= 15 is 0 Å². The number of phosphoric acid groups is 2. The van der Waals surface area contributed by atoms with Crippen LogP contribution >= 0.6 is 15.6 Å². The standard InChI is InChI=1S/C26H52O16P2.C18H9NO.13H2/c1-2-3-4-5-6-7-8-9-10-11-12-13-14-15-20(28)40-19(16-38-18-27)17-39-44(36,37)42-26-23(31)21(29)25(22(30)24(26)32)41-43(33,34)35;1-3-5-6-7-8-9-10-11-12-13-14-15-17-19-18(20)16-4-2;;;;;;;;;;;;;/h19,21-27,29-32H,2-18H2,1H3,(H,36,37)(H2,33,34,35);1H,4,16H2,2H3,(H,19,20);13*1H/t19-,21+,22?,23?,24+,25?,26?;;;;;;;;;;;;;;/m1............../s1. The fraction of sp³-hybridized carbons (Fsp3) is 0.636. The van der Waals surface area contributed by atoms with Crippen molar-refractivity contribution in [3.05, 3.63) is 0 Å². The van der Waals surface area contributed by atoms with E-state index in [-0.39, 0.29) is 30.9 Å². The number of carbonyl (C=O) groups is 2. The number of phosphoric ester groups is 2. The first kappa shape index (κ1) is 59.8. The van der Waals surface area contributed by atoms with Gasteiger partial charge in [-0.25, -0.2) is 9.13 Å². The largest absolute Gasteiger partial charge is 0.472 e. The van der Waals surface area contributed by atoms with Crippen LogP contribution in [0.4, 0.5) is 0 Å². The maximum Gasteiger partial charge on any atom is 0.472 e. The lowest BCUT2D eigenvalue weighted by atomic mass is 9.85. The average molecular weight is 964 g/mol. The molecule has 0 aromatic rings. The Morgan fingerprint density at radius 1 is 0.625 bits per heavy atom. The summed E-state index contributed by atoms with van der Waals surface area (Å²) in [5.41, 5.74) is 0. The number of nitrogens with one attached hydrogen (secondary N) is 1. The maximum atomic E-state index is 12.5. The molecule has 18 nitrogen and oxygen atoms in total. The molecule has 0 heterocycles. The Hall–Kier alpha value is -4.16. The number of terminal acetylenes is 1. The van der Waals surface area contributed by atoms with Crippen molar-refractivity contribution in [3.8, 4) is 83.5 Å². The van der Waals surface area contributed by atoms with Gasteiger partial charge < -0.3 is 49.7 Å². The van der Waals surface area contributed by atoms with Crippen LogP contribution in [0, 0.1) is 83.5 Å². The van der Waals surface area contributed by atoms with E-state index in [1.807, 2.05) is 6.92 Å². The summed E-state index contributed by atoms with van der Waals surface area (Å²) < 4.78 is 47.3. The summed E-state index contributed by atoms with van der Waals surface area (Å²) in [7, 11) is -10.4. The highest BCUT2D eigenvalue weighted by Crippen LogP contribution is 2.48. The summed E-state index contributed by atoms with van der Waals surface area (Å²) in [6, 6.07) is 2.42. The molecule has 1 aliphatic rings. The monoisotopic (exact) mass is 964 g/mol. The van der Waals surface area contributed by atoms with Crippen molar-refractivity contribution in [2.45, 2.75) is 159 Å². The number of unbranched alkanes of at least 4 members (excludes halogenated alkanes) is 12. The van der Waals surface area contributed by atoms with E-state index in [0.717, 1.165) is 32.1 Å². The number of amides is 1. The van der Waals surface area contributed by atoms with Crippen LogP contribution in [-0.2, 0) is 41.8 Å². The Bertz CT molecular complexity index is 1950. The molecule has 0 aromatic heterocycles. The molecule has 1 rings (SSSR count). The van der Waals surface area contributed by atoms with Crippen molar-refractivity contribution in [2.75, 3.05) is 20.0 Å². The Balaban J connectivity index is -0.0000000875. The van der Waals surface area contributed by atoms with Crippen LogP contribution in [0.25, 0.3) is 0 Å². The fourth-order valence-electron chi connectivity index (χ4n) is 5.52. The van der Waals surface area contributed by atoms with Crippen molar-refractivity contribution in [3.63, 3.8) is 0 Å². The molecule has 0 saturated heterocycles. The van der Waals surface area contributed by atoms with E-state index in [9.17, 15) is 44.0 Å². The summed E-state index contributed by atoms with van der Waals surface area (Å²) in [4.78, 5) is 51.3. The minimum absolute atomic E-state index is 0. The van der Waals surface area contributed by atoms with Gasteiger partial charge in [-0.3, -0.25) is 28.5 Å². The molecule has 5 unspecified atom stereocenters. The predicted molar refractivity (Wildman–Crippen MR) is 261 cm³/mol. The number of esters is 1. The highest BCUT2D eigenvalue weighted by atomic mass is 31.2. The van der Waals surface area contributed by atoms with Gasteiger partial charge in [-0.15, -0.1) is 6.42 Å². The van der Waals surface area contributed by atoms with Gasteiger partial charge in [-0.05, 0) is 48.4 Å². The van der Waals surface area contributed by atoms with Crippen LogP contribution in [0.3, 0.4) is 0 Å². The minimum Gasteiger partial charge on any atom is -0.457 e. The molecule has 0 aliphatic heterocycles. The minimum atomic E-state index is -5.27. The molecule has 1 amide bonds. The van der Waals surface area contributed by atoms with Crippen molar-refractivity contribution >= 4 is 27.5 Å². The molecular weight excluding hydrogens is 876 g/mol. The normalized spacial score (nSPS) is 19.8. The third-order valence-corrected chi connectivity index (χ3v) is 10.1. The molecule has 9 N–H and O–H groups in total. The van der Waals surface area contributed by atoms with Gasteiger partial charge in [0.1, 0.15) is 49.5 Å². The zero-order chi connectivity index (χ0) is 48.1. The second-order valence-corrected chi connectivity index (χ2v) is 16.5. The number of carbonyl (C=O) groups excluding carboxylic acids is 2. The van der Waals surface area contributed by atoms with Crippen molar-refractivity contribution in [2.24, 2.45) is 0 Å². The maximum absolute atomic E-state index is 12.5. The van der Waals surface area contributed by atoms with E-state index in [1.54, 1.807) is 0 Å². The second kappa shape index (κ2) is 37.1. The molecule has 20 heteroatoms. The third-order valence-electron chi connectivity index (χ3n) is 8.60. The van der Waals surface area contributed by atoms with E-state index < -0.39 is 84.3 Å². The lowest BCUT2D eigenvalue weighted by Crippen LogP contribution is -2.64. The van der Waals surface area contributed by atoms with E-state index in [2.05, 4.69) is 93.9 Å². The number of rotatable bonds is 27. The molecule has 0 radical (unpaired) electrons. The lowest BCUT2D eigenvalue weighted by Gasteiger charge is -2.43. The van der Waals surface area contributed by atoms with Gasteiger partial charge in [0.2, 0.25) is 5.91 Å². The highest BCUT2D eigenvalue weighted by Gasteiger charge is 2.54. The molecule has 380 valence electrons. The van der Waals surface area contributed by atoms with Crippen LogP contribution in [0.2, 0.25) is 0 Å². The molecular formula is C44H87NO17P2. The van der Waals surface area contributed by atoms with Crippen LogP contribution in [0.1, 0.15) is 135 Å². The summed E-state index contributed by atoms with van der Waals surface area (Å²) in [6.07, 6.45) is 6.42. The smallest absolute Gasteiger partial charge is 0.457 e. The van der Waals surface area contributed by atoms with Gasteiger partial charge in [-0.2, -0.15) is 0 Å². The molecule has 0 aromatic carbocycles. The SMILES string of the molecule is C#CC#CC#CC#CC#CC#CC#CNC(=O)CCC.CCCCCCCCCCCCCCCC(=O)O[C@H](COCO)COP(=O)(O)OC1C(O)[C@H](O)C(OP(=O)(O)O)C(O)[C@@H]1O.[HH].[HH].[HH].[HH].[HH].[HH].[HH].[HH].[HH].[HH].[HH].[HH].[HH]. The number of aliphatic hydroxyl groups excluding tert-OH is 5. The van der Waals surface area contributed by atoms with Crippen LogP contribution in [-0.4, -0.2) is 115 Å². The number of aliphatic hydroxyl groups is 5. The van der Waals surface area contributed by atoms with E-state index in [4.69, 9.17) is 39.8 Å². The van der Waals surface area contributed by atoms with E-state index in [0.29, 0.717) is 12.8 Å². The number of ether oxygens (including phenoxy) is 2. The molecule has 1 aliphatic carbocycles. The van der Waals surface area contributed by atoms with E-state index in [1.165, 1.54) is 51.4 Å². The molecule has 1 fully saturated rings. The molecule has 0 spiro atoms. The Kier molecular flexibility index (Phi) is 34.7. The zero-order valence-corrected chi connectivity index (χ0v) is 38.0. The fourth-order valence-corrected chi connectivity index (χ4v) is 7.06. The van der Waals surface area contributed by atoms with Gasteiger partial charge in [-0.1, -0.05) is 90.9 Å².